The number of hydrogen-bond donors (Lipinski definition) is 2. The topological polar surface area (TPSA) is 127 Å². The molecule has 0 bridgehead atoms. The number of ketones is 2. The summed E-state index contributed by atoms with van der Waals surface area (Å²) < 4.78 is 19.7. The molecule has 8 nitrogen and oxygen atoms in total. The van der Waals surface area contributed by atoms with E-state index in [4.69, 9.17) is 4.74 Å². The molecule has 6 rings (SSSR count). The van der Waals surface area contributed by atoms with Gasteiger partial charge in [-0.3, -0.25) is 24.0 Å². The number of hydrogen-bond acceptors (Lipinski definition) is 6. The van der Waals surface area contributed by atoms with Crippen LogP contribution in [0.2, 0.25) is 0 Å². The highest BCUT2D eigenvalue weighted by Gasteiger charge is 2.71. The number of carboxylic acid groups (broad SMARTS) is 1. The minimum atomic E-state index is -1.20. The fraction of sp³-hybridized carbons (Fsp3) is 0.698. The SMILES string of the molecule is CC(C)C1=C2[C@H]3CC[C@@H]4C5(C)CCC(OC(=O)CC(C)(C)C(=O)O)C(C)(C)C5CC[C@@]4(C)[C@]3(C)CC[C@@]2(C(=O)C(=O)Nc2ccc(F)cc2)CC1=O. The Morgan fingerprint density at radius 1 is 0.904 bits per heavy atom. The molecule has 1 amide bonds. The van der Waals surface area contributed by atoms with Crippen LogP contribution in [-0.2, 0) is 28.7 Å². The van der Waals surface area contributed by atoms with Crippen molar-refractivity contribution in [1.29, 1.82) is 0 Å². The number of fused-ring (bicyclic) bond motifs is 7. The predicted molar refractivity (Wildman–Crippen MR) is 195 cm³/mol. The lowest BCUT2D eigenvalue weighted by molar-refractivity contribution is -0.233. The van der Waals surface area contributed by atoms with Crippen molar-refractivity contribution in [1.82, 2.24) is 0 Å². The monoisotopic (exact) mass is 719 g/mol. The van der Waals surface area contributed by atoms with Gasteiger partial charge in [0.1, 0.15) is 11.9 Å². The molecule has 5 aliphatic rings. The van der Waals surface area contributed by atoms with Crippen molar-refractivity contribution in [2.45, 2.75) is 133 Å². The molecular formula is C43H58FNO7. The zero-order chi connectivity index (χ0) is 38.4. The van der Waals surface area contributed by atoms with E-state index in [0.717, 1.165) is 49.7 Å². The first-order valence-corrected chi connectivity index (χ1v) is 19.4. The molecule has 52 heavy (non-hydrogen) atoms. The van der Waals surface area contributed by atoms with E-state index >= 15 is 0 Å². The summed E-state index contributed by atoms with van der Waals surface area (Å²) in [5.74, 6) is -2.72. The number of carboxylic acids is 1. The standard InChI is InChI=1S/C43H58FNO7/c1-24(2)33-28(46)22-43(35(48)36(49)45-26-12-10-25(44)11-13-26)21-20-41(8)27(34(33)43)14-15-30-40(7)18-17-31(52-32(47)23-38(3,4)37(50)51)39(5,6)29(40)16-19-42(30,41)9/h10-13,24,27,29-31H,14-23H2,1-9H3,(H,45,49)(H,50,51)/t27-,29?,30-,31?,40?,41-,42-,43-/m1/s1. The highest BCUT2D eigenvalue weighted by molar-refractivity contribution is 6.44. The Morgan fingerprint density at radius 3 is 2.17 bits per heavy atom. The van der Waals surface area contributed by atoms with E-state index in [0.29, 0.717) is 24.4 Å². The van der Waals surface area contributed by atoms with Gasteiger partial charge in [-0.05, 0) is 141 Å². The quantitative estimate of drug-likeness (QED) is 0.203. The van der Waals surface area contributed by atoms with Gasteiger partial charge in [-0.15, -0.1) is 0 Å². The molecule has 5 aliphatic carbocycles. The number of ether oxygens (including phenoxy) is 1. The molecule has 284 valence electrons. The van der Waals surface area contributed by atoms with Crippen LogP contribution in [0.15, 0.2) is 35.4 Å². The molecule has 4 saturated carbocycles. The Labute approximate surface area is 308 Å². The largest absolute Gasteiger partial charge is 0.481 e. The summed E-state index contributed by atoms with van der Waals surface area (Å²) in [6.07, 6.45) is 6.00. The van der Waals surface area contributed by atoms with Crippen molar-refractivity contribution in [2.24, 2.45) is 56.2 Å². The van der Waals surface area contributed by atoms with Crippen LogP contribution in [0.5, 0.6) is 0 Å². The molecule has 0 aromatic heterocycles. The van der Waals surface area contributed by atoms with Gasteiger partial charge in [0.05, 0.1) is 17.3 Å². The molecule has 4 fully saturated rings. The number of amides is 1. The van der Waals surface area contributed by atoms with Gasteiger partial charge < -0.3 is 15.2 Å². The minimum Gasteiger partial charge on any atom is -0.481 e. The lowest BCUT2D eigenvalue weighted by atomic mass is 9.33. The van der Waals surface area contributed by atoms with Gasteiger partial charge in [-0.1, -0.05) is 48.5 Å². The number of rotatable bonds is 8. The molecule has 0 heterocycles. The van der Waals surface area contributed by atoms with Crippen LogP contribution >= 0.6 is 0 Å². The molecular weight excluding hydrogens is 661 g/mol. The van der Waals surface area contributed by atoms with Crippen LogP contribution in [0.25, 0.3) is 0 Å². The average molecular weight is 720 g/mol. The summed E-state index contributed by atoms with van der Waals surface area (Å²) in [6, 6.07) is 5.35. The number of benzene rings is 1. The number of carbonyl (C=O) groups is 5. The molecule has 0 saturated heterocycles. The molecule has 0 spiro atoms. The van der Waals surface area contributed by atoms with Gasteiger partial charge in [0, 0.05) is 17.5 Å². The average Bonchev–Trinajstić information content (AvgIpc) is 3.36. The second-order valence-corrected chi connectivity index (χ2v) is 19.3. The molecule has 1 aromatic rings. The third-order valence-electron chi connectivity index (χ3n) is 15.6. The van der Waals surface area contributed by atoms with Crippen LogP contribution in [0.4, 0.5) is 10.1 Å². The second-order valence-electron chi connectivity index (χ2n) is 19.3. The summed E-state index contributed by atoms with van der Waals surface area (Å²) in [6.45, 7) is 18.8. The summed E-state index contributed by atoms with van der Waals surface area (Å²) in [4.78, 5) is 66.8. The Morgan fingerprint density at radius 2 is 1.56 bits per heavy atom. The number of esters is 1. The first kappa shape index (κ1) is 38.4. The van der Waals surface area contributed by atoms with E-state index in [-0.39, 0.29) is 64.1 Å². The van der Waals surface area contributed by atoms with E-state index in [1.54, 1.807) is 13.8 Å². The summed E-state index contributed by atoms with van der Waals surface area (Å²) in [5, 5.41) is 12.3. The Balaban J connectivity index is 1.30. The second kappa shape index (κ2) is 12.6. The Kier molecular flexibility index (Phi) is 9.31. The van der Waals surface area contributed by atoms with Gasteiger partial charge in [0.25, 0.3) is 5.91 Å². The lowest BCUT2D eigenvalue weighted by Gasteiger charge is -2.72. The molecule has 2 N–H and O–H groups in total. The normalized spacial score (nSPS) is 36.6. The number of carbonyl (C=O) groups excluding carboxylic acids is 4. The molecule has 0 aliphatic heterocycles. The molecule has 3 unspecified atom stereocenters. The minimum absolute atomic E-state index is 0.0167. The van der Waals surface area contributed by atoms with Gasteiger partial charge in [0.2, 0.25) is 5.78 Å². The zero-order valence-corrected chi connectivity index (χ0v) is 32.5. The van der Waals surface area contributed by atoms with E-state index in [9.17, 15) is 33.5 Å². The van der Waals surface area contributed by atoms with Gasteiger partial charge in [0.15, 0.2) is 5.78 Å². The van der Waals surface area contributed by atoms with Gasteiger partial charge in [-0.2, -0.15) is 0 Å². The number of aliphatic carboxylic acids is 1. The molecule has 9 heteroatoms. The highest BCUT2D eigenvalue weighted by Crippen LogP contribution is 2.76. The van der Waals surface area contributed by atoms with Crippen molar-refractivity contribution < 1.29 is 38.2 Å². The molecule has 0 radical (unpaired) electrons. The number of allylic oxidation sites excluding steroid dienone is 2. The molecule has 8 atom stereocenters. The third kappa shape index (κ3) is 5.61. The Bertz CT molecular complexity index is 1730. The first-order valence-electron chi connectivity index (χ1n) is 19.4. The van der Waals surface area contributed by atoms with Crippen molar-refractivity contribution in [2.75, 3.05) is 5.32 Å². The van der Waals surface area contributed by atoms with E-state index in [1.165, 1.54) is 24.3 Å². The van der Waals surface area contributed by atoms with Crippen LogP contribution < -0.4 is 5.32 Å². The number of Topliss-reactive ketones (excluding diaryl/α,β-unsaturated/α-hetero) is 2. The fourth-order valence-electron chi connectivity index (χ4n) is 12.7. The van der Waals surface area contributed by atoms with Crippen molar-refractivity contribution in [3.8, 4) is 0 Å². The zero-order valence-electron chi connectivity index (χ0n) is 32.5. The molecule has 1 aromatic carbocycles. The van der Waals surface area contributed by atoms with Crippen LogP contribution in [-0.4, -0.2) is 40.6 Å². The smallest absolute Gasteiger partial charge is 0.309 e. The highest BCUT2D eigenvalue weighted by atomic mass is 19.1. The summed E-state index contributed by atoms with van der Waals surface area (Å²) in [7, 11) is 0. The fourth-order valence-corrected chi connectivity index (χ4v) is 12.7. The first-order chi connectivity index (χ1) is 24.0. The van der Waals surface area contributed by atoms with Gasteiger partial charge in [-0.25, -0.2) is 4.39 Å². The summed E-state index contributed by atoms with van der Waals surface area (Å²) >= 11 is 0. The predicted octanol–water partition coefficient (Wildman–Crippen LogP) is 8.73. The summed E-state index contributed by atoms with van der Waals surface area (Å²) in [5.41, 5.74) is -1.05. The van der Waals surface area contributed by atoms with Crippen LogP contribution in [0.3, 0.4) is 0 Å². The van der Waals surface area contributed by atoms with Crippen molar-refractivity contribution >= 4 is 35.1 Å². The van der Waals surface area contributed by atoms with Crippen molar-refractivity contribution in [3.05, 3.63) is 41.2 Å². The maximum Gasteiger partial charge on any atom is 0.309 e. The lowest BCUT2D eigenvalue weighted by Crippen LogP contribution is -2.66. The van der Waals surface area contributed by atoms with Crippen LogP contribution in [0.1, 0.15) is 127 Å². The van der Waals surface area contributed by atoms with Gasteiger partial charge >= 0.3 is 11.9 Å². The van der Waals surface area contributed by atoms with Crippen LogP contribution in [0, 0.1) is 62.0 Å². The van der Waals surface area contributed by atoms with E-state index in [2.05, 4.69) is 39.9 Å². The Hall–Kier alpha value is -3.36. The maximum atomic E-state index is 14.4. The van der Waals surface area contributed by atoms with E-state index < -0.39 is 40.3 Å². The number of halogens is 1. The number of nitrogens with one attached hydrogen (secondary N) is 1. The third-order valence-corrected chi connectivity index (χ3v) is 15.6. The number of anilines is 1. The van der Waals surface area contributed by atoms with E-state index in [1.807, 2.05) is 13.8 Å². The maximum absolute atomic E-state index is 14.4. The van der Waals surface area contributed by atoms with Crippen molar-refractivity contribution in [3.63, 3.8) is 0 Å².